The highest BCUT2D eigenvalue weighted by Crippen LogP contribution is 2.39. The Morgan fingerprint density at radius 1 is 0.455 bits per heavy atom. The fourth-order valence-electron chi connectivity index (χ4n) is 6.88. The van der Waals surface area contributed by atoms with E-state index in [9.17, 15) is 0 Å². The Bertz CT molecular complexity index is 2790. The first-order valence-electron chi connectivity index (χ1n) is 14.8. The molecule has 0 aliphatic carbocycles. The molecule has 0 aliphatic heterocycles. The molecule has 7 aromatic carbocycles. The third-order valence-electron chi connectivity index (χ3n) is 8.96. The number of hydrogen-bond donors (Lipinski definition) is 0. The molecule has 10 aromatic rings. The average Bonchev–Trinajstić information content (AvgIpc) is 3.62. The predicted molar refractivity (Wildman–Crippen MR) is 182 cm³/mol. The summed E-state index contributed by atoms with van der Waals surface area (Å²) < 4.78 is 8.82. The molecule has 4 nitrogen and oxygen atoms in total. The van der Waals surface area contributed by atoms with Crippen molar-refractivity contribution in [3.05, 3.63) is 140 Å². The molecule has 10 rings (SSSR count). The monoisotopic (exact) mass is 561 g/mol. The standard InChI is InChI=1S/C40H23N3O/c1-2-11-27-23-35-33(21-26(27)10-1)30-13-5-7-15-34(30)43(35)40-38-37(31-14-6-8-16-36(31)44-38)41-39(42-40)28-20-19-25-18-17-24-9-3-4-12-29(24)32(25)22-28/h1-23H. The zero-order valence-corrected chi connectivity index (χ0v) is 23.5. The first-order chi connectivity index (χ1) is 21.8. The number of fused-ring (bicyclic) bond motifs is 10. The maximum atomic E-state index is 6.57. The minimum atomic E-state index is 0.667. The summed E-state index contributed by atoms with van der Waals surface area (Å²) in [5, 5.41) is 10.5. The van der Waals surface area contributed by atoms with Crippen molar-refractivity contribution >= 4 is 76.2 Å². The van der Waals surface area contributed by atoms with E-state index in [0.717, 1.165) is 38.9 Å². The summed E-state index contributed by atoms with van der Waals surface area (Å²) in [7, 11) is 0. The van der Waals surface area contributed by atoms with Crippen molar-refractivity contribution in [2.75, 3.05) is 0 Å². The van der Waals surface area contributed by atoms with Crippen molar-refractivity contribution in [2.45, 2.75) is 0 Å². The fraction of sp³-hybridized carbons (Fsp3) is 0. The van der Waals surface area contributed by atoms with Gasteiger partial charge >= 0.3 is 0 Å². The van der Waals surface area contributed by atoms with Gasteiger partial charge in [-0.1, -0.05) is 103 Å². The maximum Gasteiger partial charge on any atom is 0.197 e. The molecule has 204 valence electrons. The van der Waals surface area contributed by atoms with Gasteiger partial charge in [0.25, 0.3) is 0 Å². The lowest BCUT2D eigenvalue weighted by Crippen LogP contribution is -2.02. The van der Waals surface area contributed by atoms with Crippen molar-refractivity contribution in [1.29, 1.82) is 0 Å². The SMILES string of the molecule is c1ccc2cc3c(cc2c1)c1ccccc1n3-c1nc(-c2ccc3ccc4ccccc4c3c2)nc2c1oc1ccccc12. The van der Waals surface area contributed by atoms with E-state index in [1.165, 1.54) is 43.1 Å². The van der Waals surface area contributed by atoms with E-state index in [1.807, 2.05) is 18.2 Å². The van der Waals surface area contributed by atoms with E-state index in [0.29, 0.717) is 11.4 Å². The Kier molecular flexibility index (Phi) is 4.69. The maximum absolute atomic E-state index is 6.57. The van der Waals surface area contributed by atoms with E-state index in [1.54, 1.807) is 0 Å². The van der Waals surface area contributed by atoms with Crippen LogP contribution in [0.25, 0.3) is 93.4 Å². The highest BCUT2D eigenvalue weighted by atomic mass is 16.3. The average molecular weight is 562 g/mol. The van der Waals surface area contributed by atoms with Crippen molar-refractivity contribution in [3.63, 3.8) is 0 Å². The van der Waals surface area contributed by atoms with Gasteiger partial charge in [-0.3, -0.25) is 4.57 Å². The van der Waals surface area contributed by atoms with E-state index in [4.69, 9.17) is 14.4 Å². The van der Waals surface area contributed by atoms with E-state index >= 15 is 0 Å². The molecule has 0 aliphatic rings. The second-order valence-corrected chi connectivity index (χ2v) is 11.4. The smallest absolute Gasteiger partial charge is 0.197 e. The van der Waals surface area contributed by atoms with Gasteiger partial charge in [-0.2, -0.15) is 0 Å². The molecule has 0 radical (unpaired) electrons. The van der Waals surface area contributed by atoms with Crippen LogP contribution in [0.1, 0.15) is 0 Å². The third kappa shape index (κ3) is 3.28. The Balaban J connectivity index is 1.34. The minimum absolute atomic E-state index is 0.667. The van der Waals surface area contributed by atoms with Crippen LogP contribution < -0.4 is 0 Å². The lowest BCUT2D eigenvalue weighted by molar-refractivity contribution is 0.662. The molecule has 3 heterocycles. The summed E-state index contributed by atoms with van der Waals surface area (Å²) in [6.07, 6.45) is 0. The number of para-hydroxylation sites is 2. The summed E-state index contributed by atoms with van der Waals surface area (Å²) in [4.78, 5) is 10.5. The van der Waals surface area contributed by atoms with Crippen molar-refractivity contribution < 1.29 is 4.42 Å². The first-order valence-corrected chi connectivity index (χ1v) is 14.8. The van der Waals surface area contributed by atoms with E-state index in [2.05, 4.69) is 126 Å². The second kappa shape index (κ2) is 8.76. The van der Waals surface area contributed by atoms with Crippen LogP contribution in [0.15, 0.2) is 144 Å². The van der Waals surface area contributed by atoms with Crippen LogP contribution in [0.3, 0.4) is 0 Å². The van der Waals surface area contributed by atoms with Crippen LogP contribution in [0.5, 0.6) is 0 Å². The molecule has 0 spiro atoms. The number of benzene rings is 7. The highest BCUT2D eigenvalue weighted by Gasteiger charge is 2.22. The summed E-state index contributed by atoms with van der Waals surface area (Å²) in [6, 6.07) is 49.1. The Hall–Kier alpha value is -6.00. The molecule has 4 heteroatoms. The largest absolute Gasteiger partial charge is 0.450 e. The lowest BCUT2D eigenvalue weighted by atomic mass is 10.00. The van der Waals surface area contributed by atoms with Crippen LogP contribution in [-0.4, -0.2) is 14.5 Å². The van der Waals surface area contributed by atoms with Gasteiger partial charge < -0.3 is 4.42 Å². The van der Waals surface area contributed by atoms with Crippen molar-refractivity contribution in [1.82, 2.24) is 14.5 Å². The van der Waals surface area contributed by atoms with Gasteiger partial charge in [0.15, 0.2) is 17.2 Å². The van der Waals surface area contributed by atoms with Gasteiger partial charge in [-0.25, -0.2) is 9.97 Å². The van der Waals surface area contributed by atoms with Crippen LogP contribution in [0.4, 0.5) is 0 Å². The second-order valence-electron chi connectivity index (χ2n) is 11.4. The molecule has 0 N–H and O–H groups in total. The molecule has 3 aromatic heterocycles. The molecular weight excluding hydrogens is 538 g/mol. The Morgan fingerprint density at radius 2 is 1.11 bits per heavy atom. The zero-order chi connectivity index (χ0) is 28.8. The molecule has 44 heavy (non-hydrogen) atoms. The molecule has 0 atom stereocenters. The lowest BCUT2D eigenvalue weighted by Gasteiger charge is -2.11. The van der Waals surface area contributed by atoms with Crippen molar-refractivity contribution in [2.24, 2.45) is 0 Å². The molecular formula is C40H23N3O. The highest BCUT2D eigenvalue weighted by molar-refractivity contribution is 6.15. The van der Waals surface area contributed by atoms with Gasteiger partial charge in [-0.15, -0.1) is 0 Å². The van der Waals surface area contributed by atoms with Crippen LogP contribution in [0.2, 0.25) is 0 Å². The number of rotatable bonds is 2. The van der Waals surface area contributed by atoms with Crippen molar-refractivity contribution in [3.8, 4) is 17.2 Å². The number of nitrogens with zero attached hydrogens (tertiary/aromatic N) is 3. The summed E-state index contributed by atoms with van der Waals surface area (Å²) in [6.45, 7) is 0. The van der Waals surface area contributed by atoms with Gasteiger partial charge in [0.05, 0.1) is 11.0 Å². The summed E-state index contributed by atoms with van der Waals surface area (Å²) in [5.74, 6) is 1.40. The summed E-state index contributed by atoms with van der Waals surface area (Å²) in [5.41, 5.74) is 5.41. The predicted octanol–water partition coefficient (Wildman–Crippen LogP) is 10.6. The first kappa shape index (κ1) is 23.6. The van der Waals surface area contributed by atoms with Crippen LogP contribution in [0, 0.1) is 0 Å². The molecule has 0 saturated carbocycles. The number of hydrogen-bond acceptors (Lipinski definition) is 3. The van der Waals surface area contributed by atoms with Crippen LogP contribution >= 0.6 is 0 Å². The topological polar surface area (TPSA) is 43.9 Å². The quantitative estimate of drug-likeness (QED) is 0.197. The minimum Gasteiger partial charge on any atom is -0.450 e. The number of furan rings is 1. The molecule has 0 fully saturated rings. The van der Waals surface area contributed by atoms with Gasteiger partial charge in [-0.05, 0) is 68.7 Å². The van der Waals surface area contributed by atoms with E-state index < -0.39 is 0 Å². The van der Waals surface area contributed by atoms with Gasteiger partial charge in [0.1, 0.15) is 11.1 Å². The zero-order valence-electron chi connectivity index (χ0n) is 23.5. The van der Waals surface area contributed by atoms with E-state index in [-0.39, 0.29) is 0 Å². The van der Waals surface area contributed by atoms with Gasteiger partial charge in [0, 0.05) is 21.7 Å². The molecule has 0 saturated heterocycles. The van der Waals surface area contributed by atoms with Crippen LogP contribution in [-0.2, 0) is 0 Å². The fourth-order valence-corrected chi connectivity index (χ4v) is 6.88. The Labute approximate surface area is 251 Å². The number of aromatic nitrogens is 3. The molecule has 0 unspecified atom stereocenters. The molecule has 0 amide bonds. The molecule has 0 bridgehead atoms. The normalized spacial score (nSPS) is 12.1. The Morgan fingerprint density at radius 3 is 1.98 bits per heavy atom. The summed E-state index contributed by atoms with van der Waals surface area (Å²) >= 11 is 0. The third-order valence-corrected chi connectivity index (χ3v) is 8.96. The van der Waals surface area contributed by atoms with Gasteiger partial charge in [0.2, 0.25) is 0 Å².